The minimum Gasteiger partial charge on any atom is -0.477 e. The molecule has 0 aliphatic heterocycles. The van der Waals surface area contributed by atoms with Crippen LogP contribution in [0.1, 0.15) is 98.3 Å². The number of hydrogen-bond donors (Lipinski definition) is 3. The summed E-state index contributed by atoms with van der Waals surface area (Å²) in [4.78, 5) is 37.2. The van der Waals surface area contributed by atoms with Crippen molar-refractivity contribution >= 4 is 17.9 Å². The predicted octanol–water partition coefficient (Wildman–Crippen LogP) is 5.09. The van der Waals surface area contributed by atoms with Crippen LogP contribution in [0.25, 0.3) is 0 Å². The number of rotatable bonds is 19. The summed E-state index contributed by atoms with van der Waals surface area (Å²) in [5.74, 6) is -3.29. The fraction of sp³-hybridized carbons (Fsp3) is 0.792. The number of carboxylic acid groups (broad SMARTS) is 3. The number of nitrogens with zero attached hydrogens (tertiary/aromatic N) is 1. The lowest BCUT2D eigenvalue weighted by atomic mass is 9.91. The standard InChI is InChI=1S/C24H43NO6/c1-5-9-10-11-12-13-14-18-25(19(15-6-2)22(26)27,20(16-7-3)23(28)29)21(17-8-4)24(30)31/h5,9,19-21H,6-8,10-18H2,1-4H3,(H2-,26,27,28,29,30,31)/p+1/b9-5+. The van der Waals surface area contributed by atoms with E-state index in [2.05, 4.69) is 6.08 Å². The molecule has 0 bridgehead atoms. The molecule has 0 heterocycles. The van der Waals surface area contributed by atoms with Gasteiger partial charge in [-0.3, -0.25) is 4.48 Å². The van der Waals surface area contributed by atoms with Gasteiger partial charge in [-0.1, -0.05) is 39.3 Å². The average Bonchev–Trinajstić information content (AvgIpc) is 2.71. The summed E-state index contributed by atoms with van der Waals surface area (Å²) in [5.41, 5.74) is 0. The van der Waals surface area contributed by atoms with Crippen molar-refractivity contribution in [1.29, 1.82) is 0 Å². The average molecular weight is 443 g/mol. The van der Waals surface area contributed by atoms with E-state index in [4.69, 9.17) is 0 Å². The van der Waals surface area contributed by atoms with Crippen molar-refractivity contribution in [2.75, 3.05) is 6.54 Å². The van der Waals surface area contributed by atoms with Crippen molar-refractivity contribution < 1.29 is 34.2 Å². The van der Waals surface area contributed by atoms with Gasteiger partial charge in [0.05, 0.1) is 6.54 Å². The number of aliphatic carboxylic acids is 3. The van der Waals surface area contributed by atoms with E-state index in [-0.39, 0.29) is 30.3 Å². The second-order valence-electron chi connectivity index (χ2n) is 8.42. The first-order valence-electron chi connectivity index (χ1n) is 11.9. The van der Waals surface area contributed by atoms with Gasteiger partial charge >= 0.3 is 17.9 Å². The van der Waals surface area contributed by atoms with Crippen molar-refractivity contribution in [3.05, 3.63) is 12.2 Å². The summed E-state index contributed by atoms with van der Waals surface area (Å²) in [5, 5.41) is 30.4. The fourth-order valence-electron chi connectivity index (χ4n) is 4.82. The highest BCUT2D eigenvalue weighted by atomic mass is 16.4. The molecule has 0 spiro atoms. The van der Waals surface area contributed by atoms with Crippen LogP contribution in [-0.2, 0) is 14.4 Å². The maximum atomic E-state index is 12.4. The van der Waals surface area contributed by atoms with E-state index in [1.54, 1.807) is 0 Å². The van der Waals surface area contributed by atoms with E-state index in [1.165, 1.54) is 0 Å². The maximum absolute atomic E-state index is 12.4. The summed E-state index contributed by atoms with van der Waals surface area (Å²) in [7, 11) is 0. The van der Waals surface area contributed by atoms with Gasteiger partial charge in [-0.15, -0.1) is 0 Å². The Hall–Kier alpha value is -1.89. The molecule has 7 heteroatoms. The van der Waals surface area contributed by atoms with Crippen LogP contribution in [0.15, 0.2) is 12.2 Å². The van der Waals surface area contributed by atoms with Gasteiger partial charge in [0.1, 0.15) is 0 Å². The molecule has 0 radical (unpaired) electrons. The Kier molecular flexibility index (Phi) is 14.9. The first-order chi connectivity index (χ1) is 14.7. The summed E-state index contributed by atoms with van der Waals surface area (Å²) in [6.07, 6.45) is 10.9. The van der Waals surface area contributed by atoms with Crippen LogP contribution >= 0.6 is 0 Å². The zero-order chi connectivity index (χ0) is 23.9. The van der Waals surface area contributed by atoms with Crippen molar-refractivity contribution in [2.45, 2.75) is 116 Å². The quantitative estimate of drug-likeness (QED) is 0.146. The van der Waals surface area contributed by atoms with E-state index in [0.717, 1.165) is 25.7 Å². The van der Waals surface area contributed by atoms with Gasteiger partial charge in [0.2, 0.25) is 0 Å². The first-order valence-corrected chi connectivity index (χ1v) is 11.9. The van der Waals surface area contributed by atoms with Crippen molar-refractivity contribution in [1.82, 2.24) is 0 Å². The van der Waals surface area contributed by atoms with Gasteiger partial charge < -0.3 is 15.3 Å². The van der Waals surface area contributed by atoms with E-state index < -0.39 is 36.0 Å². The van der Waals surface area contributed by atoms with Crippen LogP contribution in [0.2, 0.25) is 0 Å². The number of allylic oxidation sites excluding steroid dienone is 2. The molecule has 0 aromatic carbocycles. The second kappa shape index (κ2) is 15.8. The largest absolute Gasteiger partial charge is 0.477 e. The Balaban J connectivity index is 6.29. The normalized spacial score (nSPS) is 16.5. The molecule has 7 nitrogen and oxygen atoms in total. The Bertz CT molecular complexity index is 515. The molecule has 3 unspecified atom stereocenters. The first kappa shape index (κ1) is 29.1. The summed E-state index contributed by atoms with van der Waals surface area (Å²) in [6.45, 7) is 7.81. The summed E-state index contributed by atoms with van der Waals surface area (Å²) < 4.78 is -0.385. The lowest BCUT2D eigenvalue weighted by Crippen LogP contribution is -2.72. The summed E-state index contributed by atoms with van der Waals surface area (Å²) >= 11 is 0. The molecule has 0 aromatic rings. The third-order valence-electron chi connectivity index (χ3n) is 6.18. The predicted molar refractivity (Wildman–Crippen MR) is 122 cm³/mol. The van der Waals surface area contributed by atoms with E-state index in [1.807, 2.05) is 33.8 Å². The Morgan fingerprint density at radius 3 is 1.42 bits per heavy atom. The van der Waals surface area contributed by atoms with Crippen molar-refractivity contribution in [3.8, 4) is 0 Å². The van der Waals surface area contributed by atoms with Crippen molar-refractivity contribution in [2.24, 2.45) is 0 Å². The molecule has 0 fully saturated rings. The molecule has 0 amide bonds. The van der Waals surface area contributed by atoms with Crippen LogP contribution in [-0.4, -0.2) is 62.4 Å². The Labute approximate surface area is 187 Å². The summed E-state index contributed by atoms with van der Waals surface area (Å²) in [6, 6.07) is -3.14. The van der Waals surface area contributed by atoms with Gasteiger partial charge in [0.25, 0.3) is 0 Å². The molecule has 3 atom stereocenters. The maximum Gasteiger partial charge on any atom is 0.362 e. The molecular weight excluding hydrogens is 398 g/mol. The highest BCUT2D eigenvalue weighted by Gasteiger charge is 2.56. The molecule has 180 valence electrons. The van der Waals surface area contributed by atoms with Crippen LogP contribution in [0.3, 0.4) is 0 Å². The zero-order valence-electron chi connectivity index (χ0n) is 19.9. The Morgan fingerprint density at radius 2 is 1.10 bits per heavy atom. The number of quaternary nitrogens is 1. The minimum absolute atomic E-state index is 0.258. The highest BCUT2D eigenvalue weighted by molar-refractivity contribution is 5.78. The van der Waals surface area contributed by atoms with Crippen LogP contribution in [0.4, 0.5) is 0 Å². The SMILES string of the molecule is C/C=C/CCCCCC[N+](C(CCC)C(=O)O)(C(CCC)C(=O)O)C(CCC)C(=O)O. The molecule has 0 aromatic heterocycles. The Morgan fingerprint density at radius 1 is 0.710 bits per heavy atom. The zero-order valence-corrected chi connectivity index (χ0v) is 19.9. The second-order valence-corrected chi connectivity index (χ2v) is 8.42. The lowest BCUT2D eigenvalue weighted by molar-refractivity contribution is -0.973. The monoisotopic (exact) mass is 442 g/mol. The highest BCUT2D eigenvalue weighted by Crippen LogP contribution is 2.34. The molecule has 0 aliphatic carbocycles. The molecule has 31 heavy (non-hydrogen) atoms. The number of hydrogen-bond acceptors (Lipinski definition) is 3. The fourth-order valence-corrected chi connectivity index (χ4v) is 4.82. The van der Waals surface area contributed by atoms with Gasteiger partial charge in [0, 0.05) is 19.3 Å². The van der Waals surface area contributed by atoms with Crippen LogP contribution in [0, 0.1) is 0 Å². The number of unbranched alkanes of at least 4 members (excludes halogenated alkanes) is 4. The molecule has 0 saturated carbocycles. The molecule has 0 aliphatic rings. The molecule has 0 rings (SSSR count). The van der Waals surface area contributed by atoms with Crippen molar-refractivity contribution in [3.63, 3.8) is 0 Å². The van der Waals surface area contributed by atoms with E-state index >= 15 is 0 Å². The molecule has 3 N–H and O–H groups in total. The minimum atomic E-state index is -1.10. The lowest BCUT2D eigenvalue weighted by Gasteiger charge is -2.50. The van der Waals surface area contributed by atoms with Crippen LogP contribution < -0.4 is 0 Å². The van der Waals surface area contributed by atoms with Gasteiger partial charge in [-0.2, -0.15) is 0 Å². The van der Waals surface area contributed by atoms with Gasteiger partial charge in [-0.25, -0.2) is 14.4 Å². The van der Waals surface area contributed by atoms with E-state index in [0.29, 0.717) is 25.7 Å². The number of carbonyl (C=O) groups is 3. The molecule has 0 saturated heterocycles. The smallest absolute Gasteiger partial charge is 0.362 e. The third kappa shape index (κ3) is 8.63. The molecular formula is C24H44NO6+. The van der Waals surface area contributed by atoms with E-state index in [9.17, 15) is 29.7 Å². The topological polar surface area (TPSA) is 112 Å². The van der Waals surface area contributed by atoms with Crippen LogP contribution in [0.5, 0.6) is 0 Å². The third-order valence-corrected chi connectivity index (χ3v) is 6.18. The van der Waals surface area contributed by atoms with Gasteiger partial charge in [-0.05, 0) is 51.9 Å². The number of carboxylic acids is 3. The van der Waals surface area contributed by atoms with Gasteiger partial charge in [0.15, 0.2) is 18.1 Å².